The van der Waals surface area contributed by atoms with Crippen LogP contribution in [0.4, 0.5) is 15.9 Å². The number of amides is 3. The van der Waals surface area contributed by atoms with Crippen LogP contribution in [0.25, 0.3) is 0 Å². The SMILES string of the molecule is CCCCC(=O)C(C)C.CCCCC(O)C(C)C.CCCCC(O)C(C)C.CCCCC(OC(=O)c1ccc([N+](=O)[O-])cc1)C(C)C.CCCC[C@@H](N)C(C)C.CCCC[C@@H](Nc1nc(Cl)c(C#N)cc1F)C(C)C.CCCC[C@H](C(C)C)N1C(=O)c2ccccc2C1=O.CON(C)C(=O)C(C)C. The first-order chi connectivity index (χ1) is 48.3. The van der Waals surface area contributed by atoms with Gasteiger partial charge in [0.25, 0.3) is 17.5 Å². The first kappa shape index (κ1) is 103. The molecular formula is C83H145ClFN7O11. The molecule has 0 aliphatic carbocycles. The van der Waals surface area contributed by atoms with E-state index in [1.807, 2.05) is 59.7 Å². The fourth-order valence-corrected chi connectivity index (χ4v) is 9.90. The van der Waals surface area contributed by atoms with Gasteiger partial charge < -0.3 is 26.0 Å². The predicted molar refractivity (Wildman–Crippen MR) is 425 cm³/mol. The monoisotopic (exact) mass is 1470 g/mol. The lowest BCUT2D eigenvalue weighted by Crippen LogP contribution is -2.42. The maximum atomic E-state index is 13.8. The highest BCUT2D eigenvalue weighted by Crippen LogP contribution is 2.30. The van der Waals surface area contributed by atoms with Gasteiger partial charge in [-0.2, -0.15) is 5.26 Å². The molecule has 2 aromatic carbocycles. The Morgan fingerprint density at radius 2 is 1.08 bits per heavy atom. The number of non-ortho nitro benzene ring substituents is 1. The highest BCUT2D eigenvalue weighted by Gasteiger charge is 2.40. The van der Waals surface area contributed by atoms with E-state index in [0.717, 1.165) is 109 Å². The number of nitrogens with two attached hydrogens (primary N) is 1. The molecule has 0 spiro atoms. The number of ether oxygens (including phenoxy) is 1. The molecule has 2 heterocycles. The number of nitro groups is 1. The number of nitrogens with zero attached hydrogens (tertiary/aromatic N) is 5. The van der Waals surface area contributed by atoms with E-state index in [2.05, 4.69) is 133 Å². The third-order valence-electron chi connectivity index (χ3n) is 17.5. The summed E-state index contributed by atoms with van der Waals surface area (Å²) in [5.74, 6) is 1.95. The number of ketones is 1. The highest BCUT2D eigenvalue weighted by molar-refractivity contribution is 6.30. The molecule has 0 saturated heterocycles. The van der Waals surface area contributed by atoms with E-state index in [-0.39, 0.29) is 94.0 Å². The van der Waals surface area contributed by atoms with Gasteiger partial charge in [-0.05, 0) is 111 Å². The number of Topliss-reactive ketones (excluding diaryl/α,β-unsaturated/α-hetero) is 1. The number of anilines is 1. The van der Waals surface area contributed by atoms with Crippen molar-refractivity contribution in [2.45, 2.75) is 331 Å². The Labute approximate surface area is 629 Å². The van der Waals surface area contributed by atoms with Gasteiger partial charge in [-0.3, -0.25) is 39.0 Å². The first-order valence-electron chi connectivity index (χ1n) is 38.7. The average Bonchev–Trinajstić information content (AvgIpc) is 1.63. The van der Waals surface area contributed by atoms with Crippen LogP contribution in [0.5, 0.6) is 0 Å². The molecule has 592 valence electrons. The van der Waals surface area contributed by atoms with E-state index in [4.69, 9.17) is 27.3 Å². The molecule has 1 aliphatic heterocycles. The summed E-state index contributed by atoms with van der Waals surface area (Å²) in [5.41, 5.74) is 7.27. The molecule has 1 aliphatic rings. The summed E-state index contributed by atoms with van der Waals surface area (Å²) in [4.78, 5) is 78.8. The zero-order chi connectivity index (χ0) is 80.1. The summed E-state index contributed by atoms with van der Waals surface area (Å²) in [6.45, 7) is 47.4. The van der Waals surface area contributed by atoms with Crippen LogP contribution >= 0.6 is 11.6 Å². The molecule has 1 aromatic heterocycles. The zero-order valence-electron chi connectivity index (χ0n) is 68.8. The van der Waals surface area contributed by atoms with Crippen molar-refractivity contribution in [2.75, 3.05) is 19.5 Å². The number of nitrogens with one attached hydrogen (secondary N) is 1. The number of imide groups is 1. The number of carbonyl (C=O) groups is 5. The van der Waals surface area contributed by atoms with Gasteiger partial charge in [0, 0.05) is 55.6 Å². The molecule has 20 heteroatoms. The van der Waals surface area contributed by atoms with E-state index in [1.165, 1.54) is 73.4 Å². The van der Waals surface area contributed by atoms with Crippen molar-refractivity contribution in [1.29, 1.82) is 5.26 Å². The maximum absolute atomic E-state index is 13.8. The number of nitriles is 1. The van der Waals surface area contributed by atoms with Crippen LogP contribution < -0.4 is 11.1 Å². The highest BCUT2D eigenvalue weighted by atomic mass is 35.5. The first-order valence-corrected chi connectivity index (χ1v) is 39.1. The topological polar surface area (TPSA) is 269 Å². The number of esters is 1. The molecule has 0 bridgehead atoms. The summed E-state index contributed by atoms with van der Waals surface area (Å²) in [6, 6.07) is 16.1. The van der Waals surface area contributed by atoms with Crippen molar-refractivity contribution in [2.24, 2.45) is 53.1 Å². The Morgan fingerprint density at radius 3 is 1.44 bits per heavy atom. The minimum Gasteiger partial charge on any atom is -0.459 e. The number of unbranched alkanes of at least 4 members (excludes halogenated alkanes) is 7. The van der Waals surface area contributed by atoms with E-state index in [9.17, 15) is 48.7 Å². The fourth-order valence-electron chi connectivity index (χ4n) is 9.72. The van der Waals surface area contributed by atoms with E-state index in [0.29, 0.717) is 52.2 Å². The Bertz CT molecular complexity index is 2700. The molecule has 0 saturated carbocycles. The maximum Gasteiger partial charge on any atom is 0.338 e. The van der Waals surface area contributed by atoms with Crippen molar-refractivity contribution in [3.05, 3.63) is 97.9 Å². The van der Waals surface area contributed by atoms with Crippen molar-refractivity contribution in [3.63, 3.8) is 0 Å². The molecule has 6 atom stereocenters. The van der Waals surface area contributed by atoms with Crippen LogP contribution in [-0.4, -0.2) is 110 Å². The summed E-state index contributed by atoms with van der Waals surface area (Å²) in [7, 11) is 3.07. The van der Waals surface area contributed by atoms with Gasteiger partial charge in [0.1, 0.15) is 23.1 Å². The number of aliphatic hydroxyl groups excluding tert-OH is 2. The van der Waals surface area contributed by atoms with Crippen molar-refractivity contribution >= 4 is 52.6 Å². The minimum absolute atomic E-state index is 0.00231. The molecule has 103 heavy (non-hydrogen) atoms. The van der Waals surface area contributed by atoms with E-state index >= 15 is 0 Å². The molecule has 3 unspecified atom stereocenters. The summed E-state index contributed by atoms with van der Waals surface area (Å²) in [6.07, 6.45) is 22.0. The predicted octanol–water partition coefficient (Wildman–Crippen LogP) is 21.4. The van der Waals surface area contributed by atoms with Crippen LogP contribution in [0, 0.1) is 74.6 Å². The quantitative estimate of drug-likeness (QED) is 0.0139. The van der Waals surface area contributed by atoms with Crippen LogP contribution in [-0.2, 0) is 19.2 Å². The van der Waals surface area contributed by atoms with Crippen LogP contribution in [0.2, 0.25) is 5.15 Å². The van der Waals surface area contributed by atoms with Crippen LogP contribution in [0.15, 0.2) is 54.6 Å². The number of rotatable bonds is 36. The lowest BCUT2D eigenvalue weighted by atomic mass is 9.97. The lowest BCUT2D eigenvalue weighted by Gasteiger charge is -2.29. The average molecular weight is 1470 g/mol. The Hall–Kier alpha value is -5.91. The number of halogens is 2. The number of carbonyl (C=O) groups excluding carboxylic acids is 5. The van der Waals surface area contributed by atoms with Gasteiger partial charge in [0.15, 0.2) is 11.6 Å². The van der Waals surface area contributed by atoms with E-state index < -0.39 is 16.7 Å². The fraction of sp³-hybridized carbons (Fsp3) is 0.723. The number of benzene rings is 2. The van der Waals surface area contributed by atoms with Gasteiger partial charge in [-0.1, -0.05) is 266 Å². The Kier molecular flexibility index (Phi) is 61.5. The number of hydrogen-bond acceptors (Lipinski definition) is 15. The second-order valence-electron chi connectivity index (χ2n) is 29.4. The number of hydroxylamine groups is 2. The number of nitro benzene ring substituents is 1. The van der Waals surface area contributed by atoms with Crippen LogP contribution in [0.1, 0.15) is 331 Å². The number of pyridine rings is 1. The molecule has 0 radical (unpaired) electrons. The van der Waals surface area contributed by atoms with Crippen molar-refractivity contribution < 1.29 is 53.1 Å². The Morgan fingerprint density at radius 1 is 0.641 bits per heavy atom. The molecular weight excluding hydrogens is 1330 g/mol. The zero-order valence-corrected chi connectivity index (χ0v) is 69.5. The second-order valence-corrected chi connectivity index (χ2v) is 29.7. The summed E-state index contributed by atoms with van der Waals surface area (Å²) < 4.78 is 19.3. The number of aromatic nitrogens is 1. The summed E-state index contributed by atoms with van der Waals surface area (Å²) in [5, 5.41) is 42.2. The number of fused-ring (bicyclic) bond motifs is 1. The number of hydrogen-bond donors (Lipinski definition) is 4. The van der Waals surface area contributed by atoms with Crippen molar-refractivity contribution in [1.82, 2.24) is 14.9 Å². The molecule has 3 amide bonds. The molecule has 0 fully saturated rings. The lowest BCUT2D eigenvalue weighted by molar-refractivity contribution is -0.384. The largest absolute Gasteiger partial charge is 0.459 e. The third kappa shape index (κ3) is 46.6. The van der Waals surface area contributed by atoms with Crippen molar-refractivity contribution in [3.8, 4) is 6.07 Å². The standard InChI is InChI=1S/C16H21NO2.C15H21NO4.C14H19ClFN3.C8H19N.2C8H18O.C8H16O.C6H13NO2/c1-4-5-10-14(11(2)3)17-15(18)12-8-6-7-9-13(12)16(17)19;1-4-5-6-14(11(2)3)20-15(17)12-7-9-13(10-8-12)16(18)19;1-4-5-6-12(9(2)3)18-14-11(16)7-10(8-17)13(15)19-14;4*1-4-5-6-8(9)7(2)3;1-5(2)6(8)7(3)9-4/h6-9,11,14H,4-5,10H2,1-3H3;7-11,14H,4-6H2,1-3H3;7,9,12H,4-6H2,1-3H3,(H,18,19);7-8H,4-6,9H2,1-3H3;2*7-9H,4-6H2,1-3H3;7H,4-6H2,1-3H3;5H,1-4H3/t14-;;12-;8-;;;;/m1.11..../s1. The molecule has 5 N–H and O–H groups in total. The molecule has 18 nitrogen and oxygen atoms in total. The van der Waals surface area contributed by atoms with Gasteiger partial charge >= 0.3 is 5.97 Å². The van der Waals surface area contributed by atoms with Gasteiger partial charge in [0.05, 0.1) is 46.5 Å². The third-order valence-corrected chi connectivity index (χ3v) is 17.8. The smallest absolute Gasteiger partial charge is 0.338 e. The Balaban J connectivity index is -0.000000560. The second kappa shape index (κ2) is 61.3. The number of aliphatic hydroxyl groups is 2. The molecule has 4 rings (SSSR count). The van der Waals surface area contributed by atoms with Gasteiger partial charge in [-0.25, -0.2) is 19.2 Å². The van der Waals surface area contributed by atoms with Gasteiger partial charge in [-0.15, -0.1) is 0 Å². The van der Waals surface area contributed by atoms with E-state index in [1.54, 1.807) is 19.2 Å². The molecule has 3 aromatic rings. The normalized spacial score (nSPS) is 13.1. The minimum atomic E-state index is -0.539. The van der Waals surface area contributed by atoms with Gasteiger partial charge in [0.2, 0.25) is 5.91 Å². The van der Waals surface area contributed by atoms with Crippen LogP contribution in [0.3, 0.4) is 0 Å². The summed E-state index contributed by atoms with van der Waals surface area (Å²) >= 11 is 5.83.